The monoisotopic (exact) mass is 413 g/mol. The molecule has 1 aliphatic heterocycles. The van der Waals surface area contributed by atoms with Gasteiger partial charge in [-0.3, -0.25) is 9.59 Å². The van der Waals surface area contributed by atoms with Gasteiger partial charge < -0.3 is 30.2 Å². The molecule has 0 saturated heterocycles. The van der Waals surface area contributed by atoms with Crippen LogP contribution in [0.5, 0.6) is 11.5 Å². The van der Waals surface area contributed by atoms with Crippen LogP contribution in [-0.2, 0) is 14.3 Å². The lowest BCUT2D eigenvalue weighted by Crippen LogP contribution is -2.33. The molecule has 0 spiro atoms. The zero-order chi connectivity index (χ0) is 21.3. The SMILES string of the molecule is C[C@@H](NC(=O)COC(=O)CCNC(=O)Nc1ccccc1)c1ccc2c(c1)OCO2. The normalized spacial score (nSPS) is 12.6. The molecule has 0 aromatic heterocycles. The predicted molar refractivity (Wildman–Crippen MR) is 108 cm³/mol. The first-order chi connectivity index (χ1) is 14.5. The molecule has 1 heterocycles. The lowest BCUT2D eigenvalue weighted by Gasteiger charge is -2.15. The summed E-state index contributed by atoms with van der Waals surface area (Å²) in [6.45, 7) is 1.68. The fourth-order valence-electron chi connectivity index (χ4n) is 2.74. The van der Waals surface area contributed by atoms with Crippen LogP contribution < -0.4 is 25.4 Å². The van der Waals surface area contributed by atoms with Crippen molar-refractivity contribution in [2.45, 2.75) is 19.4 Å². The van der Waals surface area contributed by atoms with Crippen molar-refractivity contribution in [1.29, 1.82) is 0 Å². The van der Waals surface area contributed by atoms with Crippen LogP contribution in [0.1, 0.15) is 24.9 Å². The quantitative estimate of drug-likeness (QED) is 0.573. The molecular formula is C21H23N3O6. The van der Waals surface area contributed by atoms with E-state index in [1.165, 1.54) is 0 Å². The number of para-hydroxylation sites is 1. The number of benzene rings is 2. The molecule has 3 amide bonds. The minimum atomic E-state index is -0.583. The van der Waals surface area contributed by atoms with Crippen molar-refractivity contribution in [1.82, 2.24) is 10.6 Å². The van der Waals surface area contributed by atoms with Crippen LogP contribution in [0.15, 0.2) is 48.5 Å². The van der Waals surface area contributed by atoms with Gasteiger partial charge >= 0.3 is 12.0 Å². The van der Waals surface area contributed by atoms with Crippen LogP contribution in [0, 0.1) is 0 Å². The Bertz CT molecular complexity index is 903. The summed E-state index contributed by atoms with van der Waals surface area (Å²) in [4.78, 5) is 35.5. The number of hydrogen-bond acceptors (Lipinski definition) is 6. The van der Waals surface area contributed by atoms with Gasteiger partial charge in [0.05, 0.1) is 12.5 Å². The number of amides is 3. The molecule has 2 aromatic carbocycles. The van der Waals surface area contributed by atoms with Crippen LogP contribution >= 0.6 is 0 Å². The maximum atomic E-state index is 12.0. The minimum Gasteiger partial charge on any atom is -0.456 e. The van der Waals surface area contributed by atoms with Crippen LogP contribution in [0.3, 0.4) is 0 Å². The fourth-order valence-corrected chi connectivity index (χ4v) is 2.74. The van der Waals surface area contributed by atoms with Crippen LogP contribution in [0.2, 0.25) is 0 Å². The molecule has 30 heavy (non-hydrogen) atoms. The molecule has 0 unspecified atom stereocenters. The van der Waals surface area contributed by atoms with E-state index in [0.717, 1.165) is 5.56 Å². The number of rotatable bonds is 8. The van der Waals surface area contributed by atoms with E-state index in [4.69, 9.17) is 14.2 Å². The molecule has 1 aliphatic rings. The van der Waals surface area contributed by atoms with E-state index >= 15 is 0 Å². The van der Waals surface area contributed by atoms with Gasteiger partial charge in [-0.25, -0.2) is 4.79 Å². The Morgan fingerprint density at radius 1 is 1.07 bits per heavy atom. The zero-order valence-electron chi connectivity index (χ0n) is 16.5. The smallest absolute Gasteiger partial charge is 0.319 e. The molecule has 2 aromatic rings. The average Bonchev–Trinajstić information content (AvgIpc) is 3.21. The molecule has 0 bridgehead atoms. The number of urea groups is 1. The third-order valence-corrected chi connectivity index (χ3v) is 4.28. The van der Waals surface area contributed by atoms with Gasteiger partial charge in [0, 0.05) is 12.2 Å². The number of anilines is 1. The van der Waals surface area contributed by atoms with E-state index in [2.05, 4.69) is 16.0 Å². The molecule has 0 saturated carbocycles. The standard InChI is InChI=1S/C21H23N3O6/c1-14(15-7-8-17-18(11-15)30-13-29-17)23-19(25)12-28-20(26)9-10-22-21(27)24-16-5-3-2-4-6-16/h2-8,11,14H,9-10,12-13H2,1H3,(H,23,25)(H2,22,24,27)/t14-/m1/s1. The van der Waals surface area contributed by atoms with Gasteiger partial charge in [0.25, 0.3) is 5.91 Å². The summed E-state index contributed by atoms with van der Waals surface area (Å²) in [5.74, 6) is 0.283. The number of ether oxygens (including phenoxy) is 3. The first-order valence-electron chi connectivity index (χ1n) is 9.45. The fraction of sp³-hybridized carbons (Fsp3) is 0.286. The second kappa shape index (κ2) is 10.1. The topological polar surface area (TPSA) is 115 Å². The summed E-state index contributed by atoms with van der Waals surface area (Å²) < 4.78 is 15.5. The largest absolute Gasteiger partial charge is 0.456 e. The van der Waals surface area contributed by atoms with Crippen molar-refractivity contribution in [3.05, 3.63) is 54.1 Å². The molecule has 9 nitrogen and oxygen atoms in total. The summed E-state index contributed by atoms with van der Waals surface area (Å²) in [6, 6.07) is 13.6. The maximum absolute atomic E-state index is 12.0. The van der Waals surface area contributed by atoms with E-state index in [9.17, 15) is 14.4 Å². The Labute approximate surface area is 173 Å². The summed E-state index contributed by atoms with van der Waals surface area (Å²) in [5, 5.41) is 7.94. The van der Waals surface area contributed by atoms with Crippen molar-refractivity contribution in [3.63, 3.8) is 0 Å². The van der Waals surface area contributed by atoms with Crippen molar-refractivity contribution in [3.8, 4) is 11.5 Å². The van der Waals surface area contributed by atoms with E-state index in [1.54, 1.807) is 36.4 Å². The van der Waals surface area contributed by atoms with E-state index in [-0.39, 0.29) is 25.8 Å². The molecule has 0 radical (unpaired) electrons. The highest BCUT2D eigenvalue weighted by atomic mass is 16.7. The first kappa shape index (κ1) is 21.0. The maximum Gasteiger partial charge on any atom is 0.319 e. The lowest BCUT2D eigenvalue weighted by molar-refractivity contribution is -0.148. The highest BCUT2D eigenvalue weighted by molar-refractivity contribution is 5.89. The minimum absolute atomic E-state index is 0.0484. The Morgan fingerprint density at radius 2 is 1.83 bits per heavy atom. The van der Waals surface area contributed by atoms with Gasteiger partial charge in [0.2, 0.25) is 6.79 Å². The van der Waals surface area contributed by atoms with Crippen molar-refractivity contribution in [2.75, 3.05) is 25.3 Å². The van der Waals surface area contributed by atoms with Crippen molar-refractivity contribution in [2.24, 2.45) is 0 Å². The second-order valence-corrected chi connectivity index (χ2v) is 6.56. The predicted octanol–water partition coefficient (Wildman–Crippen LogP) is 2.35. The Balaban J connectivity index is 1.32. The van der Waals surface area contributed by atoms with Gasteiger partial charge in [0.1, 0.15) is 0 Å². The zero-order valence-corrected chi connectivity index (χ0v) is 16.5. The summed E-state index contributed by atoms with van der Waals surface area (Å²) in [7, 11) is 0. The van der Waals surface area contributed by atoms with Crippen LogP contribution in [-0.4, -0.2) is 37.9 Å². The third kappa shape index (κ3) is 6.13. The number of carbonyl (C=O) groups excluding carboxylic acids is 3. The number of fused-ring (bicyclic) bond motifs is 1. The number of nitrogens with one attached hydrogen (secondary N) is 3. The molecule has 3 rings (SSSR count). The van der Waals surface area contributed by atoms with E-state index in [1.807, 2.05) is 19.1 Å². The average molecular weight is 413 g/mol. The Morgan fingerprint density at radius 3 is 2.63 bits per heavy atom. The molecule has 9 heteroatoms. The Kier molecular flexibility index (Phi) is 7.09. The molecule has 0 aliphatic carbocycles. The van der Waals surface area contributed by atoms with E-state index in [0.29, 0.717) is 17.2 Å². The van der Waals surface area contributed by atoms with Gasteiger partial charge in [-0.1, -0.05) is 24.3 Å². The molecule has 158 valence electrons. The Hall–Kier alpha value is -3.75. The summed E-state index contributed by atoms with van der Waals surface area (Å²) in [5.41, 5.74) is 1.48. The molecule has 1 atom stereocenters. The summed E-state index contributed by atoms with van der Waals surface area (Å²) in [6.07, 6.45) is -0.0484. The van der Waals surface area contributed by atoms with Gasteiger partial charge in [-0.2, -0.15) is 0 Å². The highest BCUT2D eigenvalue weighted by Gasteiger charge is 2.17. The number of esters is 1. The van der Waals surface area contributed by atoms with Gasteiger partial charge in [0.15, 0.2) is 18.1 Å². The third-order valence-electron chi connectivity index (χ3n) is 4.28. The molecule has 0 fully saturated rings. The number of carbonyl (C=O) groups is 3. The van der Waals surface area contributed by atoms with Gasteiger partial charge in [-0.05, 0) is 36.8 Å². The van der Waals surface area contributed by atoms with Crippen LogP contribution in [0.4, 0.5) is 10.5 Å². The summed E-state index contributed by atoms with van der Waals surface area (Å²) >= 11 is 0. The molecule has 3 N–H and O–H groups in total. The van der Waals surface area contributed by atoms with Gasteiger partial charge in [-0.15, -0.1) is 0 Å². The highest BCUT2D eigenvalue weighted by Crippen LogP contribution is 2.34. The van der Waals surface area contributed by atoms with Crippen molar-refractivity contribution < 1.29 is 28.6 Å². The number of hydrogen-bond donors (Lipinski definition) is 3. The molecular weight excluding hydrogens is 390 g/mol. The second-order valence-electron chi connectivity index (χ2n) is 6.56. The van der Waals surface area contributed by atoms with Crippen molar-refractivity contribution >= 4 is 23.6 Å². The first-order valence-corrected chi connectivity index (χ1v) is 9.45. The lowest BCUT2D eigenvalue weighted by atomic mass is 10.1. The van der Waals surface area contributed by atoms with Crippen LogP contribution in [0.25, 0.3) is 0 Å². The van der Waals surface area contributed by atoms with E-state index < -0.39 is 24.5 Å².